The number of nitrogens with two attached hydrogens (primary N) is 1. The molecule has 1 amide bonds. The molecular formula is C20H18ClN3O3S. The van der Waals surface area contributed by atoms with Gasteiger partial charge in [-0.3, -0.25) is 4.79 Å². The van der Waals surface area contributed by atoms with E-state index in [-0.39, 0.29) is 23.1 Å². The maximum absolute atomic E-state index is 12.1. The molecule has 28 heavy (non-hydrogen) atoms. The Kier molecular flexibility index (Phi) is 7.81. The molecule has 3 N–H and O–H groups in total. The number of nitrogens with zero attached hydrogens (tertiary/aromatic N) is 1. The molecule has 2 aromatic carbocycles. The van der Waals surface area contributed by atoms with Crippen molar-refractivity contribution in [3.8, 4) is 17.6 Å². The largest absolute Gasteiger partial charge is 0.490 e. The highest BCUT2D eigenvalue weighted by molar-refractivity contribution is 7.80. The highest BCUT2D eigenvalue weighted by Gasteiger charge is 2.10. The van der Waals surface area contributed by atoms with E-state index in [1.807, 2.05) is 13.0 Å². The lowest BCUT2D eigenvalue weighted by Gasteiger charge is -2.13. The van der Waals surface area contributed by atoms with Crippen LogP contribution in [-0.2, 0) is 4.79 Å². The molecule has 0 aliphatic rings. The molecule has 8 heteroatoms. The summed E-state index contributed by atoms with van der Waals surface area (Å²) >= 11 is 10.7. The van der Waals surface area contributed by atoms with Crippen molar-refractivity contribution in [3.63, 3.8) is 0 Å². The van der Waals surface area contributed by atoms with Crippen molar-refractivity contribution in [2.45, 2.75) is 6.92 Å². The number of rotatable bonds is 8. The number of thiocarbonyl (C=S) groups is 1. The number of ether oxygens (including phenoxy) is 2. The summed E-state index contributed by atoms with van der Waals surface area (Å²) in [5.74, 6) is 0.495. The summed E-state index contributed by atoms with van der Waals surface area (Å²) in [5.41, 5.74) is 6.94. The molecule has 2 aromatic rings. The molecule has 0 aliphatic heterocycles. The number of carbonyl (C=O) groups is 1. The SMILES string of the molecule is CCOc1cc(C=C(C#N)C(N)=S)ccc1OCC(=O)Nc1cccc(Cl)c1. The Hall–Kier alpha value is -3.08. The summed E-state index contributed by atoms with van der Waals surface area (Å²) < 4.78 is 11.2. The van der Waals surface area contributed by atoms with Crippen molar-refractivity contribution in [1.82, 2.24) is 0 Å². The lowest BCUT2D eigenvalue weighted by molar-refractivity contribution is -0.118. The van der Waals surface area contributed by atoms with Gasteiger partial charge in [0.25, 0.3) is 5.91 Å². The van der Waals surface area contributed by atoms with Gasteiger partial charge in [0.05, 0.1) is 12.2 Å². The van der Waals surface area contributed by atoms with Crippen molar-refractivity contribution >= 4 is 46.5 Å². The van der Waals surface area contributed by atoms with Gasteiger partial charge in [-0.15, -0.1) is 0 Å². The standard InChI is InChI=1S/C20H18ClN3O3S/c1-2-26-18-9-13(8-14(11-22)20(23)28)6-7-17(18)27-12-19(25)24-16-5-3-4-15(21)10-16/h3-10H,2,12H2,1H3,(H2,23,28)(H,24,25). The fourth-order valence-corrected chi connectivity index (χ4v) is 2.53. The number of hydrogen-bond donors (Lipinski definition) is 2. The van der Waals surface area contributed by atoms with E-state index in [9.17, 15) is 4.79 Å². The Morgan fingerprint density at radius 2 is 2.07 bits per heavy atom. The number of amides is 1. The normalized spacial score (nSPS) is 10.7. The predicted octanol–water partition coefficient (Wildman–Crippen LogP) is 3.95. The molecule has 0 radical (unpaired) electrons. The smallest absolute Gasteiger partial charge is 0.262 e. The highest BCUT2D eigenvalue weighted by atomic mass is 35.5. The lowest BCUT2D eigenvalue weighted by Crippen LogP contribution is -2.20. The van der Waals surface area contributed by atoms with Crippen LogP contribution in [0, 0.1) is 11.3 Å². The van der Waals surface area contributed by atoms with Crippen molar-refractivity contribution in [2.75, 3.05) is 18.5 Å². The molecule has 0 fully saturated rings. The Bertz CT molecular complexity index is 954. The van der Waals surface area contributed by atoms with Crippen LogP contribution in [0.3, 0.4) is 0 Å². The predicted molar refractivity (Wildman–Crippen MR) is 114 cm³/mol. The molecule has 6 nitrogen and oxygen atoms in total. The minimum atomic E-state index is -0.339. The minimum absolute atomic E-state index is 0.0125. The maximum Gasteiger partial charge on any atom is 0.262 e. The molecule has 0 heterocycles. The van der Waals surface area contributed by atoms with Gasteiger partial charge in [-0.25, -0.2) is 0 Å². The lowest BCUT2D eigenvalue weighted by atomic mass is 10.1. The second-order valence-corrected chi connectivity index (χ2v) is 6.40. The molecule has 0 saturated heterocycles. The van der Waals surface area contributed by atoms with Gasteiger partial charge in [0.15, 0.2) is 18.1 Å². The third-order valence-corrected chi connectivity index (χ3v) is 3.89. The zero-order chi connectivity index (χ0) is 20.5. The van der Waals surface area contributed by atoms with E-state index in [4.69, 9.17) is 44.3 Å². The number of benzene rings is 2. The van der Waals surface area contributed by atoms with Gasteiger partial charge in [-0.1, -0.05) is 36.0 Å². The van der Waals surface area contributed by atoms with E-state index in [0.717, 1.165) is 0 Å². The Balaban J connectivity index is 2.11. The van der Waals surface area contributed by atoms with Crippen LogP contribution in [0.2, 0.25) is 5.02 Å². The Labute approximate surface area is 173 Å². The Morgan fingerprint density at radius 3 is 2.71 bits per heavy atom. The quantitative estimate of drug-likeness (QED) is 0.385. The topological polar surface area (TPSA) is 97.4 Å². The molecule has 0 unspecified atom stereocenters. The summed E-state index contributed by atoms with van der Waals surface area (Å²) in [5, 5.41) is 12.3. The van der Waals surface area contributed by atoms with Crippen LogP contribution in [0.25, 0.3) is 6.08 Å². The van der Waals surface area contributed by atoms with Crippen molar-refractivity contribution < 1.29 is 14.3 Å². The fraction of sp³-hybridized carbons (Fsp3) is 0.150. The zero-order valence-corrected chi connectivity index (χ0v) is 16.6. The van der Waals surface area contributed by atoms with Crippen LogP contribution in [0.15, 0.2) is 48.0 Å². The number of anilines is 1. The van der Waals surface area contributed by atoms with Gasteiger partial charge >= 0.3 is 0 Å². The van der Waals surface area contributed by atoms with Crippen LogP contribution in [0.1, 0.15) is 12.5 Å². The first-order chi connectivity index (χ1) is 13.4. The van der Waals surface area contributed by atoms with E-state index in [1.54, 1.807) is 48.5 Å². The fourth-order valence-electron chi connectivity index (χ4n) is 2.23. The second-order valence-electron chi connectivity index (χ2n) is 5.52. The molecular weight excluding hydrogens is 398 g/mol. The minimum Gasteiger partial charge on any atom is -0.490 e. The molecule has 2 rings (SSSR count). The van der Waals surface area contributed by atoms with Gasteiger partial charge < -0.3 is 20.5 Å². The second kappa shape index (κ2) is 10.3. The van der Waals surface area contributed by atoms with E-state index in [1.165, 1.54) is 0 Å². The third-order valence-electron chi connectivity index (χ3n) is 3.43. The van der Waals surface area contributed by atoms with E-state index in [2.05, 4.69) is 5.32 Å². The van der Waals surface area contributed by atoms with Crippen molar-refractivity contribution in [3.05, 3.63) is 58.6 Å². The van der Waals surface area contributed by atoms with Gasteiger partial charge in [-0.05, 0) is 48.9 Å². The van der Waals surface area contributed by atoms with Crippen molar-refractivity contribution in [1.29, 1.82) is 5.26 Å². The first kappa shape index (κ1) is 21.2. The average Bonchev–Trinajstić information content (AvgIpc) is 2.65. The molecule has 0 bridgehead atoms. The third kappa shape index (κ3) is 6.27. The molecule has 144 valence electrons. The maximum atomic E-state index is 12.1. The monoisotopic (exact) mass is 415 g/mol. The van der Waals surface area contributed by atoms with Gasteiger partial charge in [0, 0.05) is 10.7 Å². The van der Waals surface area contributed by atoms with E-state index < -0.39 is 0 Å². The molecule has 0 spiro atoms. The number of nitriles is 1. The molecule has 0 aliphatic carbocycles. The Morgan fingerprint density at radius 1 is 1.29 bits per heavy atom. The highest BCUT2D eigenvalue weighted by Crippen LogP contribution is 2.29. The zero-order valence-electron chi connectivity index (χ0n) is 15.1. The molecule has 0 saturated carbocycles. The van der Waals surface area contributed by atoms with Crippen molar-refractivity contribution in [2.24, 2.45) is 5.73 Å². The summed E-state index contributed by atoms with van der Waals surface area (Å²) in [6.07, 6.45) is 1.56. The molecule has 0 aromatic heterocycles. The number of hydrogen-bond acceptors (Lipinski definition) is 5. The van der Waals surface area contributed by atoms with E-state index in [0.29, 0.717) is 34.4 Å². The number of carbonyl (C=O) groups excluding carboxylic acids is 1. The summed E-state index contributed by atoms with van der Waals surface area (Å²) in [6.45, 7) is 2.02. The number of nitrogens with one attached hydrogen (secondary N) is 1. The first-order valence-electron chi connectivity index (χ1n) is 8.29. The van der Waals surface area contributed by atoms with Crippen LogP contribution in [-0.4, -0.2) is 24.1 Å². The van der Waals surface area contributed by atoms with Crippen LogP contribution in [0.5, 0.6) is 11.5 Å². The average molecular weight is 416 g/mol. The van der Waals surface area contributed by atoms with Gasteiger partial charge in [0.2, 0.25) is 0 Å². The van der Waals surface area contributed by atoms with Crippen LogP contribution < -0.4 is 20.5 Å². The van der Waals surface area contributed by atoms with Crippen LogP contribution >= 0.6 is 23.8 Å². The summed E-state index contributed by atoms with van der Waals surface area (Å²) in [4.78, 5) is 12.1. The van der Waals surface area contributed by atoms with Crippen LogP contribution in [0.4, 0.5) is 5.69 Å². The van der Waals surface area contributed by atoms with Gasteiger partial charge in [0.1, 0.15) is 11.1 Å². The number of halogens is 1. The van der Waals surface area contributed by atoms with Gasteiger partial charge in [-0.2, -0.15) is 5.26 Å². The van der Waals surface area contributed by atoms with E-state index >= 15 is 0 Å². The summed E-state index contributed by atoms with van der Waals surface area (Å²) in [6, 6.07) is 13.8. The molecule has 0 atom stereocenters. The summed E-state index contributed by atoms with van der Waals surface area (Å²) in [7, 11) is 0. The first-order valence-corrected chi connectivity index (χ1v) is 9.08.